The molecule has 24 heavy (non-hydrogen) atoms. The molecule has 1 aliphatic heterocycles. The molecule has 0 N–H and O–H groups in total. The highest BCUT2D eigenvalue weighted by Crippen LogP contribution is 2.13. The van der Waals surface area contributed by atoms with Crippen molar-refractivity contribution in [3.8, 4) is 0 Å². The first kappa shape index (κ1) is 17.3. The van der Waals surface area contributed by atoms with Crippen LogP contribution >= 0.6 is 12.2 Å². The van der Waals surface area contributed by atoms with Crippen LogP contribution in [0.15, 0.2) is 30.6 Å². The van der Waals surface area contributed by atoms with Gasteiger partial charge in [0, 0.05) is 38.8 Å². The second kappa shape index (κ2) is 7.59. The highest BCUT2D eigenvalue weighted by atomic mass is 32.1. The molecule has 2 heterocycles. The predicted molar refractivity (Wildman–Crippen MR) is 99.5 cm³/mol. The maximum absolute atomic E-state index is 5.52. The third-order valence-corrected chi connectivity index (χ3v) is 5.19. The Balaban J connectivity index is 1.54. The largest absolute Gasteiger partial charge is 0.304 e. The molecular formula is C18H27N5S. The van der Waals surface area contributed by atoms with Gasteiger partial charge in [-0.2, -0.15) is 5.10 Å². The SMILES string of the molecule is Cc1ccccc1CN1CCN(Cn2ncn(C(C)C)c2=S)CC1. The summed E-state index contributed by atoms with van der Waals surface area (Å²) in [5.74, 6) is 0. The van der Waals surface area contributed by atoms with Gasteiger partial charge in [-0.3, -0.25) is 9.80 Å². The van der Waals surface area contributed by atoms with E-state index in [-0.39, 0.29) is 0 Å². The summed E-state index contributed by atoms with van der Waals surface area (Å²) in [5.41, 5.74) is 2.81. The van der Waals surface area contributed by atoms with Crippen LogP contribution in [0.5, 0.6) is 0 Å². The molecule has 0 radical (unpaired) electrons. The molecular weight excluding hydrogens is 318 g/mol. The van der Waals surface area contributed by atoms with Crippen molar-refractivity contribution in [2.45, 2.75) is 40.0 Å². The molecule has 6 heteroatoms. The Morgan fingerprint density at radius 3 is 2.38 bits per heavy atom. The quantitative estimate of drug-likeness (QED) is 0.779. The minimum atomic E-state index is 0.359. The summed E-state index contributed by atoms with van der Waals surface area (Å²) >= 11 is 5.52. The molecule has 0 atom stereocenters. The molecule has 1 aromatic carbocycles. The molecule has 5 nitrogen and oxygen atoms in total. The van der Waals surface area contributed by atoms with E-state index in [4.69, 9.17) is 12.2 Å². The number of piperazine rings is 1. The lowest BCUT2D eigenvalue weighted by atomic mass is 10.1. The first-order valence-corrected chi connectivity index (χ1v) is 9.08. The summed E-state index contributed by atoms with van der Waals surface area (Å²) in [5, 5.41) is 4.45. The summed E-state index contributed by atoms with van der Waals surface area (Å²) in [6.45, 7) is 12.6. The van der Waals surface area contributed by atoms with E-state index >= 15 is 0 Å². The number of aryl methyl sites for hydroxylation is 1. The predicted octanol–water partition coefficient (Wildman–Crippen LogP) is 3.08. The smallest absolute Gasteiger partial charge is 0.199 e. The molecule has 0 spiro atoms. The van der Waals surface area contributed by atoms with Crippen LogP contribution in [0.2, 0.25) is 0 Å². The normalized spacial score (nSPS) is 16.8. The van der Waals surface area contributed by atoms with E-state index in [0.717, 1.165) is 44.2 Å². The van der Waals surface area contributed by atoms with E-state index in [1.54, 1.807) is 0 Å². The van der Waals surface area contributed by atoms with Gasteiger partial charge in [-0.1, -0.05) is 24.3 Å². The lowest BCUT2D eigenvalue weighted by Gasteiger charge is -2.34. The number of aromatic nitrogens is 3. The fourth-order valence-corrected chi connectivity index (χ4v) is 3.47. The Bertz CT molecular complexity index is 725. The number of rotatable bonds is 5. The van der Waals surface area contributed by atoms with Crippen LogP contribution in [0.3, 0.4) is 0 Å². The van der Waals surface area contributed by atoms with Gasteiger partial charge in [-0.25, -0.2) is 4.68 Å². The van der Waals surface area contributed by atoms with Crippen molar-refractivity contribution in [3.05, 3.63) is 46.5 Å². The van der Waals surface area contributed by atoms with Crippen LogP contribution in [-0.2, 0) is 13.2 Å². The Kier molecular flexibility index (Phi) is 5.48. The summed E-state index contributed by atoms with van der Waals surface area (Å²) < 4.78 is 4.79. The van der Waals surface area contributed by atoms with Crippen LogP contribution in [0.4, 0.5) is 0 Å². The Morgan fingerprint density at radius 1 is 1.08 bits per heavy atom. The van der Waals surface area contributed by atoms with Gasteiger partial charge in [-0.15, -0.1) is 0 Å². The summed E-state index contributed by atoms with van der Waals surface area (Å²) in [6, 6.07) is 9.03. The summed E-state index contributed by atoms with van der Waals surface area (Å²) in [6.07, 6.45) is 1.85. The van der Waals surface area contributed by atoms with Gasteiger partial charge >= 0.3 is 0 Å². The number of nitrogens with zero attached hydrogens (tertiary/aromatic N) is 5. The van der Waals surface area contributed by atoms with E-state index < -0.39 is 0 Å². The third kappa shape index (κ3) is 3.94. The molecule has 130 valence electrons. The molecule has 1 saturated heterocycles. The van der Waals surface area contributed by atoms with E-state index in [1.807, 2.05) is 15.6 Å². The molecule has 0 bridgehead atoms. The van der Waals surface area contributed by atoms with Crippen LogP contribution < -0.4 is 0 Å². The van der Waals surface area contributed by atoms with Crippen LogP contribution in [-0.4, -0.2) is 50.3 Å². The van der Waals surface area contributed by atoms with Gasteiger partial charge in [0.15, 0.2) is 4.77 Å². The van der Waals surface area contributed by atoms with E-state index in [2.05, 4.69) is 59.9 Å². The zero-order chi connectivity index (χ0) is 17.1. The highest BCUT2D eigenvalue weighted by molar-refractivity contribution is 7.71. The Hall–Kier alpha value is -1.50. The molecule has 1 aliphatic rings. The lowest BCUT2D eigenvalue weighted by Crippen LogP contribution is -2.46. The average Bonchev–Trinajstić information content (AvgIpc) is 2.92. The number of hydrogen-bond acceptors (Lipinski definition) is 4. The number of benzene rings is 1. The van der Waals surface area contributed by atoms with Gasteiger partial charge in [-0.05, 0) is 44.1 Å². The minimum Gasteiger partial charge on any atom is -0.304 e. The number of hydrogen-bond donors (Lipinski definition) is 0. The Labute approximate surface area is 149 Å². The standard InChI is InChI=1S/C18H27N5S/c1-15(2)22-13-19-23(18(22)24)14-21-10-8-20(9-11-21)12-17-7-5-4-6-16(17)3/h4-7,13,15H,8-12,14H2,1-3H3. The van der Waals surface area contributed by atoms with Gasteiger partial charge in [0.1, 0.15) is 6.33 Å². The third-order valence-electron chi connectivity index (χ3n) is 4.77. The second-order valence-corrected chi connectivity index (χ2v) is 7.24. The molecule has 3 rings (SSSR count). The van der Waals surface area contributed by atoms with Crippen LogP contribution in [0.25, 0.3) is 0 Å². The molecule has 2 aromatic rings. The van der Waals surface area contributed by atoms with Gasteiger partial charge < -0.3 is 4.57 Å². The van der Waals surface area contributed by atoms with Crippen molar-refractivity contribution in [1.82, 2.24) is 24.1 Å². The van der Waals surface area contributed by atoms with Crippen molar-refractivity contribution in [2.75, 3.05) is 26.2 Å². The van der Waals surface area contributed by atoms with Crippen molar-refractivity contribution >= 4 is 12.2 Å². The fraction of sp³-hybridized carbons (Fsp3) is 0.556. The van der Waals surface area contributed by atoms with E-state index in [0.29, 0.717) is 6.04 Å². The molecule has 0 aliphatic carbocycles. The first-order chi connectivity index (χ1) is 11.5. The highest BCUT2D eigenvalue weighted by Gasteiger charge is 2.18. The van der Waals surface area contributed by atoms with Gasteiger partial charge in [0.25, 0.3) is 0 Å². The van der Waals surface area contributed by atoms with Crippen LogP contribution in [0, 0.1) is 11.7 Å². The molecule has 1 fully saturated rings. The Morgan fingerprint density at radius 2 is 1.75 bits per heavy atom. The lowest BCUT2D eigenvalue weighted by molar-refractivity contribution is 0.0978. The van der Waals surface area contributed by atoms with E-state index in [1.165, 1.54) is 11.1 Å². The fourth-order valence-electron chi connectivity index (χ4n) is 3.11. The molecule has 0 saturated carbocycles. The monoisotopic (exact) mass is 345 g/mol. The average molecular weight is 346 g/mol. The summed E-state index contributed by atoms with van der Waals surface area (Å²) in [7, 11) is 0. The van der Waals surface area contributed by atoms with Crippen LogP contribution in [0.1, 0.15) is 31.0 Å². The topological polar surface area (TPSA) is 29.2 Å². The zero-order valence-corrected chi connectivity index (χ0v) is 15.7. The maximum atomic E-state index is 5.52. The zero-order valence-electron chi connectivity index (χ0n) is 14.9. The first-order valence-electron chi connectivity index (χ1n) is 8.68. The molecule has 0 unspecified atom stereocenters. The van der Waals surface area contributed by atoms with Crippen molar-refractivity contribution in [3.63, 3.8) is 0 Å². The maximum Gasteiger partial charge on any atom is 0.199 e. The van der Waals surface area contributed by atoms with Crippen molar-refractivity contribution in [2.24, 2.45) is 0 Å². The van der Waals surface area contributed by atoms with Crippen molar-refractivity contribution in [1.29, 1.82) is 0 Å². The van der Waals surface area contributed by atoms with Gasteiger partial charge in [0.05, 0.1) is 6.67 Å². The second-order valence-electron chi connectivity index (χ2n) is 6.88. The van der Waals surface area contributed by atoms with Gasteiger partial charge in [0.2, 0.25) is 0 Å². The molecule has 0 amide bonds. The van der Waals surface area contributed by atoms with Crippen molar-refractivity contribution < 1.29 is 0 Å². The molecule has 1 aromatic heterocycles. The minimum absolute atomic E-state index is 0.359. The summed E-state index contributed by atoms with van der Waals surface area (Å²) in [4.78, 5) is 4.96. The van der Waals surface area contributed by atoms with E-state index in [9.17, 15) is 0 Å².